The first kappa shape index (κ1) is 23.5. The van der Waals surface area contributed by atoms with E-state index in [2.05, 4.69) is 9.88 Å². The van der Waals surface area contributed by atoms with Gasteiger partial charge in [0, 0.05) is 34.7 Å². The molecule has 1 saturated carbocycles. The highest BCUT2D eigenvalue weighted by molar-refractivity contribution is 5.90. The average Bonchev–Trinajstić information content (AvgIpc) is 3.13. The number of aromatic carboxylic acids is 1. The number of carbonyl (C=O) groups is 1. The van der Waals surface area contributed by atoms with Crippen molar-refractivity contribution in [1.82, 2.24) is 9.88 Å². The van der Waals surface area contributed by atoms with Gasteiger partial charge in [0.1, 0.15) is 12.4 Å². The molecule has 0 amide bonds. The minimum absolute atomic E-state index is 0. The van der Waals surface area contributed by atoms with Crippen LogP contribution < -0.4 is 4.74 Å². The number of carboxylic acid groups (broad SMARTS) is 1. The van der Waals surface area contributed by atoms with Gasteiger partial charge in [0.25, 0.3) is 0 Å². The van der Waals surface area contributed by atoms with E-state index in [1.807, 2.05) is 6.20 Å². The molecule has 176 valence electrons. The third-order valence-electron chi connectivity index (χ3n) is 6.91. The van der Waals surface area contributed by atoms with Crippen LogP contribution in [0.1, 0.15) is 47.2 Å². The van der Waals surface area contributed by atoms with Crippen molar-refractivity contribution in [3.8, 4) is 5.75 Å². The highest BCUT2D eigenvalue weighted by Gasteiger charge is 2.35. The van der Waals surface area contributed by atoms with Crippen molar-refractivity contribution >= 4 is 29.3 Å². The molecule has 0 saturated heterocycles. The molecule has 5 rings (SSSR count). The number of nitrogens with one attached hydrogen (secondary N) is 1. The number of carboxylic acids is 1. The number of rotatable bonds is 7. The summed E-state index contributed by atoms with van der Waals surface area (Å²) < 4.78 is 33.7. The van der Waals surface area contributed by atoms with Crippen molar-refractivity contribution in [3.63, 3.8) is 0 Å². The van der Waals surface area contributed by atoms with Crippen LogP contribution in [-0.4, -0.2) is 46.2 Å². The van der Waals surface area contributed by atoms with Crippen LogP contribution in [0.15, 0.2) is 36.5 Å². The van der Waals surface area contributed by atoms with Gasteiger partial charge in [-0.1, -0.05) is 6.42 Å². The minimum atomic E-state index is -1.06. The number of H-pyrrole nitrogens is 1. The number of aromatic amines is 1. The summed E-state index contributed by atoms with van der Waals surface area (Å²) in [5.41, 5.74) is 2.58. The van der Waals surface area contributed by atoms with E-state index in [1.165, 1.54) is 18.6 Å². The number of hydrogen-bond acceptors (Lipinski definition) is 3. The lowest BCUT2D eigenvalue weighted by atomic mass is 9.87. The van der Waals surface area contributed by atoms with Crippen LogP contribution in [0.5, 0.6) is 5.75 Å². The molecule has 1 aliphatic carbocycles. The molecule has 2 N–H and O–H groups in total. The number of halogens is 3. The second-order valence-corrected chi connectivity index (χ2v) is 8.81. The van der Waals surface area contributed by atoms with Crippen molar-refractivity contribution < 1.29 is 23.4 Å². The monoisotopic (exact) mass is 476 g/mol. The Bertz CT molecular complexity index is 1160. The van der Waals surface area contributed by atoms with Gasteiger partial charge in [0.15, 0.2) is 11.6 Å². The Morgan fingerprint density at radius 1 is 1.18 bits per heavy atom. The largest absolute Gasteiger partial charge is 0.489 e. The van der Waals surface area contributed by atoms with Crippen molar-refractivity contribution in [2.24, 2.45) is 0 Å². The standard InChI is InChI=1S/C25H26F2N2O3.ClH/c26-16-6-9-23-20(11-16)15(13-28-23)3-2-10-29(17-4-1-5-17)18-12-21-19(25(30)31)7-8-22(27)24(21)32-14-18;/h6-9,11,13,17-18,28H,1-5,10,12,14H2,(H,30,31);1H. The summed E-state index contributed by atoms with van der Waals surface area (Å²) >= 11 is 0. The number of nitrogens with zero attached hydrogens (tertiary/aromatic N) is 1. The van der Waals surface area contributed by atoms with Gasteiger partial charge >= 0.3 is 5.97 Å². The van der Waals surface area contributed by atoms with E-state index in [4.69, 9.17) is 4.74 Å². The normalized spacial score (nSPS) is 17.8. The zero-order valence-electron chi connectivity index (χ0n) is 18.2. The lowest BCUT2D eigenvalue weighted by molar-refractivity contribution is 0.0417. The topological polar surface area (TPSA) is 65.6 Å². The van der Waals surface area contributed by atoms with Crippen LogP contribution in [0.3, 0.4) is 0 Å². The first-order valence-corrected chi connectivity index (χ1v) is 11.2. The van der Waals surface area contributed by atoms with Gasteiger partial charge in [-0.3, -0.25) is 4.90 Å². The summed E-state index contributed by atoms with van der Waals surface area (Å²) in [6.45, 7) is 1.18. The molecule has 33 heavy (non-hydrogen) atoms. The average molecular weight is 477 g/mol. The number of hydrogen-bond donors (Lipinski definition) is 2. The molecule has 0 spiro atoms. The fourth-order valence-corrected chi connectivity index (χ4v) is 5.04. The Morgan fingerprint density at radius 3 is 2.73 bits per heavy atom. The smallest absolute Gasteiger partial charge is 0.336 e. The predicted octanol–water partition coefficient (Wildman–Crippen LogP) is 5.36. The number of ether oxygens (including phenoxy) is 1. The van der Waals surface area contributed by atoms with Gasteiger partial charge in [-0.05, 0) is 74.5 Å². The van der Waals surface area contributed by atoms with Crippen LogP contribution in [-0.2, 0) is 12.8 Å². The van der Waals surface area contributed by atoms with E-state index in [1.54, 1.807) is 12.1 Å². The van der Waals surface area contributed by atoms with Gasteiger partial charge in [0.05, 0.1) is 5.56 Å². The molecule has 1 fully saturated rings. The Balaban J connectivity index is 0.00000259. The first-order valence-electron chi connectivity index (χ1n) is 11.2. The van der Waals surface area contributed by atoms with Gasteiger partial charge in [-0.25, -0.2) is 13.6 Å². The zero-order chi connectivity index (χ0) is 22.2. The van der Waals surface area contributed by atoms with Gasteiger partial charge in [-0.15, -0.1) is 12.4 Å². The number of aromatic nitrogens is 1. The summed E-state index contributed by atoms with van der Waals surface area (Å²) in [7, 11) is 0. The summed E-state index contributed by atoms with van der Waals surface area (Å²) in [4.78, 5) is 17.3. The molecule has 2 heterocycles. The molecule has 0 bridgehead atoms. The van der Waals surface area contributed by atoms with Crippen LogP contribution in [0, 0.1) is 11.6 Å². The quantitative estimate of drug-likeness (QED) is 0.482. The van der Waals surface area contributed by atoms with Crippen molar-refractivity contribution in [1.29, 1.82) is 0 Å². The molecule has 2 aromatic carbocycles. The zero-order valence-corrected chi connectivity index (χ0v) is 19.0. The fraction of sp³-hybridized carbons (Fsp3) is 0.400. The fourth-order valence-electron chi connectivity index (χ4n) is 5.04. The number of benzene rings is 2. The lowest BCUT2D eigenvalue weighted by Crippen LogP contribution is -2.51. The van der Waals surface area contributed by atoms with E-state index in [-0.39, 0.29) is 35.6 Å². The molecule has 2 aliphatic rings. The molecular weight excluding hydrogens is 450 g/mol. The number of fused-ring (bicyclic) bond motifs is 2. The van der Waals surface area contributed by atoms with Gasteiger partial charge in [-0.2, -0.15) is 0 Å². The summed E-state index contributed by atoms with van der Waals surface area (Å²) in [6.07, 6.45) is 7.50. The van der Waals surface area contributed by atoms with Gasteiger partial charge in [0.2, 0.25) is 0 Å². The van der Waals surface area contributed by atoms with E-state index >= 15 is 0 Å². The highest BCUT2D eigenvalue weighted by Crippen LogP contribution is 2.35. The summed E-state index contributed by atoms with van der Waals surface area (Å²) in [5, 5.41) is 10.5. The van der Waals surface area contributed by atoms with Crippen LogP contribution >= 0.6 is 12.4 Å². The van der Waals surface area contributed by atoms with E-state index in [0.29, 0.717) is 24.6 Å². The van der Waals surface area contributed by atoms with Crippen molar-refractivity contribution in [2.45, 2.75) is 50.6 Å². The van der Waals surface area contributed by atoms with Crippen LogP contribution in [0.2, 0.25) is 0 Å². The van der Waals surface area contributed by atoms with Crippen LogP contribution in [0.25, 0.3) is 10.9 Å². The summed E-state index contributed by atoms with van der Waals surface area (Å²) in [6, 6.07) is 7.71. The Hall–Kier alpha value is -2.64. The van der Waals surface area contributed by atoms with Crippen molar-refractivity contribution in [3.05, 3.63) is 64.9 Å². The molecule has 5 nitrogen and oxygen atoms in total. The van der Waals surface area contributed by atoms with E-state index in [9.17, 15) is 18.7 Å². The van der Waals surface area contributed by atoms with Gasteiger partial charge < -0.3 is 14.8 Å². The molecule has 1 unspecified atom stereocenters. The molecule has 1 aliphatic heterocycles. The predicted molar refractivity (Wildman–Crippen MR) is 125 cm³/mol. The molecule has 3 aromatic rings. The molecule has 1 aromatic heterocycles. The molecule has 8 heteroatoms. The molecule has 1 atom stereocenters. The van der Waals surface area contributed by atoms with E-state index < -0.39 is 11.8 Å². The second-order valence-electron chi connectivity index (χ2n) is 8.81. The Morgan fingerprint density at radius 2 is 2.00 bits per heavy atom. The lowest BCUT2D eigenvalue weighted by Gasteiger charge is -2.44. The maximum absolute atomic E-state index is 14.2. The molecular formula is C25H27ClF2N2O3. The molecule has 0 radical (unpaired) electrons. The minimum Gasteiger partial charge on any atom is -0.489 e. The van der Waals surface area contributed by atoms with Crippen LogP contribution in [0.4, 0.5) is 8.78 Å². The van der Waals surface area contributed by atoms with E-state index in [0.717, 1.165) is 54.8 Å². The second kappa shape index (κ2) is 9.69. The highest BCUT2D eigenvalue weighted by atomic mass is 35.5. The Labute approximate surface area is 197 Å². The maximum Gasteiger partial charge on any atom is 0.336 e. The SMILES string of the molecule is Cl.O=C(O)c1ccc(F)c2c1CC(N(CCCc1c[nH]c3ccc(F)cc13)C1CCC1)CO2. The third-order valence-corrected chi connectivity index (χ3v) is 6.91. The third kappa shape index (κ3) is 4.57. The Kier molecular flexibility index (Phi) is 6.91. The van der Waals surface area contributed by atoms with Crippen molar-refractivity contribution in [2.75, 3.05) is 13.2 Å². The number of aryl methyl sites for hydroxylation is 1. The maximum atomic E-state index is 14.2. The first-order chi connectivity index (χ1) is 15.5. The summed E-state index contributed by atoms with van der Waals surface area (Å²) in [5.74, 6) is -1.73.